The van der Waals surface area contributed by atoms with E-state index in [0.29, 0.717) is 12.8 Å². The summed E-state index contributed by atoms with van der Waals surface area (Å²) in [6, 6.07) is 5.93. The Morgan fingerprint density at radius 3 is 2.58 bits per heavy atom. The highest BCUT2D eigenvalue weighted by Gasteiger charge is 2.44. The lowest BCUT2D eigenvalue weighted by molar-refractivity contribution is -0.130. The molecular weight excluding hydrogens is 304 g/mol. The number of methoxy groups -OCH3 is 1. The summed E-state index contributed by atoms with van der Waals surface area (Å²) >= 11 is 0. The maximum absolute atomic E-state index is 12.1. The van der Waals surface area contributed by atoms with Gasteiger partial charge in [0.25, 0.3) is 0 Å². The average Bonchev–Trinajstić information content (AvgIpc) is 3.35. The van der Waals surface area contributed by atoms with Crippen LogP contribution in [0.3, 0.4) is 0 Å². The number of carbonyl (C=O) groups excluding carboxylic acids is 2. The largest absolute Gasteiger partial charge is 0.497 e. The second kappa shape index (κ2) is 8.18. The van der Waals surface area contributed by atoms with E-state index in [0.717, 1.165) is 36.3 Å². The molecule has 5 heteroatoms. The summed E-state index contributed by atoms with van der Waals surface area (Å²) in [7, 11) is 3.51. The number of amides is 2. The number of ether oxygens (including phenoxy) is 1. The van der Waals surface area contributed by atoms with E-state index < -0.39 is 0 Å². The van der Waals surface area contributed by atoms with Gasteiger partial charge in [0.1, 0.15) is 5.75 Å². The zero-order valence-corrected chi connectivity index (χ0v) is 15.1. The lowest BCUT2D eigenvalue weighted by atomic mass is 10.1. The van der Waals surface area contributed by atoms with Crippen molar-refractivity contribution in [3.63, 3.8) is 0 Å². The first-order valence-electron chi connectivity index (χ1n) is 8.75. The predicted octanol–water partition coefficient (Wildman–Crippen LogP) is 3.55. The number of nitrogens with one attached hydrogen (secondary N) is 1. The van der Waals surface area contributed by atoms with Crippen molar-refractivity contribution in [1.29, 1.82) is 0 Å². The van der Waals surface area contributed by atoms with Crippen LogP contribution in [0.2, 0.25) is 0 Å². The number of hydrogen-bond acceptors (Lipinski definition) is 3. The molecule has 0 saturated heterocycles. The maximum Gasteiger partial charge on any atom is 0.224 e. The summed E-state index contributed by atoms with van der Waals surface area (Å²) in [5.74, 6) is 1.23. The van der Waals surface area contributed by atoms with E-state index >= 15 is 0 Å². The fourth-order valence-electron chi connectivity index (χ4n) is 3.05. The van der Waals surface area contributed by atoms with E-state index in [-0.39, 0.29) is 23.8 Å². The first-order chi connectivity index (χ1) is 11.5. The molecule has 0 bridgehead atoms. The maximum atomic E-state index is 12.1. The molecule has 132 valence electrons. The monoisotopic (exact) mass is 332 g/mol. The highest BCUT2D eigenvalue weighted by Crippen LogP contribution is 2.48. The van der Waals surface area contributed by atoms with Gasteiger partial charge in [-0.25, -0.2) is 0 Å². The van der Waals surface area contributed by atoms with E-state index in [1.165, 1.54) is 0 Å². The van der Waals surface area contributed by atoms with Crippen LogP contribution >= 0.6 is 0 Å². The molecule has 1 fully saturated rings. The highest BCUT2D eigenvalue weighted by molar-refractivity contribution is 5.92. The Labute approximate surface area is 144 Å². The zero-order chi connectivity index (χ0) is 17.7. The predicted molar refractivity (Wildman–Crippen MR) is 95.4 cm³/mol. The van der Waals surface area contributed by atoms with E-state index in [1.54, 1.807) is 7.11 Å². The molecule has 2 atom stereocenters. The second-order valence-electron chi connectivity index (χ2n) is 6.42. The van der Waals surface area contributed by atoms with Crippen molar-refractivity contribution in [2.45, 2.75) is 57.9 Å². The van der Waals surface area contributed by atoms with Crippen molar-refractivity contribution in [3.05, 3.63) is 23.8 Å². The molecule has 1 saturated carbocycles. The van der Waals surface area contributed by atoms with E-state index in [2.05, 4.69) is 5.32 Å². The topological polar surface area (TPSA) is 58.6 Å². The van der Waals surface area contributed by atoms with Crippen molar-refractivity contribution >= 4 is 17.5 Å². The van der Waals surface area contributed by atoms with Gasteiger partial charge in [-0.15, -0.1) is 0 Å². The van der Waals surface area contributed by atoms with E-state index in [9.17, 15) is 9.59 Å². The lowest BCUT2D eigenvalue weighted by Gasteiger charge is -2.18. The molecule has 1 aromatic rings. The van der Waals surface area contributed by atoms with Crippen LogP contribution < -0.4 is 10.1 Å². The fourth-order valence-corrected chi connectivity index (χ4v) is 3.05. The van der Waals surface area contributed by atoms with E-state index in [1.807, 2.05) is 44.0 Å². The molecule has 0 spiro atoms. The number of hydrogen-bond donors (Lipinski definition) is 1. The molecule has 1 aliphatic carbocycles. The lowest BCUT2D eigenvalue weighted by Crippen LogP contribution is -2.29. The van der Waals surface area contributed by atoms with Gasteiger partial charge in [0.15, 0.2) is 0 Å². The number of likely N-dealkylation sites (N-methyl/N-ethyl adjacent to an activating group) is 1. The van der Waals surface area contributed by atoms with Gasteiger partial charge in [0.2, 0.25) is 11.8 Å². The van der Waals surface area contributed by atoms with Crippen molar-refractivity contribution in [2.75, 3.05) is 19.5 Å². The minimum Gasteiger partial charge on any atom is -0.497 e. The number of rotatable bonds is 8. The van der Waals surface area contributed by atoms with Crippen LogP contribution in [0, 0.1) is 0 Å². The van der Waals surface area contributed by atoms with Gasteiger partial charge in [-0.2, -0.15) is 0 Å². The summed E-state index contributed by atoms with van der Waals surface area (Å²) in [6.07, 6.45) is 3.69. The summed E-state index contributed by atoms with van der Waals surface area (Å²) in [6.45, 7) is 4.00. The third kappa shape index (κ3) is 4.28. The summed E-state index contributed by atoms with van der Waals surface area (Å²) in [4.78, 5) is 25.9. The van der Waals surface area contributed by atoms with Crippen molar-refractivity contribution in [2.24, 2.45) is 0 Å². The third-order valence-corrected chi connectivity index (χ3v) is 4.52. The number of carbonyl (C=O) groups is 2. The molecular formula is C19H28N2O3. The van der Waals surface area contributed by atoms with Gasteiger partial charge < -0.3 is 15.0 Å². The van der Waals surface area contributed by atoms with Crippen LogP contribution in [0.1, 0.15) is 57.4 Å². The van der Waals surface area contributed by atoms with Gasteiger partial charge in [-0.1, -0.05) is 13.8 Å². The van der Waals surface area contributed by atoms with Crippen molar-refractivity contribution in [3.8, 4) is 5.75 Å². The number of benzene rings is 1. The molecule has 0 aromatic heterocycles. The fraction of sp³-hybridized carbons (Fsp3) is 0.579. The van der Waals surface area contributed by atoms with Gasteiger partial charge in [0, 0.05) is 37.5 Å². The Bertz CT molecular complexity index is 600. The standard InChI is InChI=1S/C19H28N2O3/c1-5-7-18(22)20-16-10-9-13(24-4)11-14(16)15-12-17(15)21(3)19(23)8-6-2/h9-11,15,17H,5-8,12H2,1-4H3,(H,20,22). The van der Waals surface area contributed by atoms with Crippen molar-refractivity contribution < 1.29 is 14.3 Å². The molecule has 5 nitrogen and oxygen atoms in total. The van der Waals surface area contributed by atoms with Crippen molar-refractivity contribution in [1.82, 2.24) is 4.90 Å². The van der Waals surface area contributed by atoms with Gasteiger partial charge in [0.05, 0.1) is 7.11 Å². The van der Waals surface area contributed by atoms with Crippen LogP contribution in [-0.2, 0) is 9.59 Å². The normalized spacial score (nSPS) is 18.8. The Kier molecular flexibility index (Phi) is 6.23. The molecule has 1 aromatic carbocycles. The van der Waals surface area contributed by atoms with Crippen LogP contribution in [0.15, 0.2) is 18.2 Å². The van der Waals surface area contributed by atoms with Crippen LogP contribution in [0.4, 0.5) is 5.69 Å². The first-order valence-corrected chi connectivity index (χ1v) is 8.75. The van der Waals surface area contributed by atoms with Crippen LogP contribution in [-0.4, -0.2) is 36.9 Å². The molecule has 24 heavy (non-hydrogen) atoms. The molecule has 1 N–H and O–H groups in total. The Morgan fingerprint density at radius 1 is 1.25 bits per heavy atom. The molecule has 2 rings (SSSR count). The SMILES string of the molecule is CCCC(=O)Nc1ccc(OC)cc1C1CC1N(C)C(=O)CCC. The number of anilines is 1. The highest BCUT2D eigenvalue weighted by atomic mass is 16.5. The van der Waals surface area contributed by atoms with Gasteiger partial charge in [-0.3, -0.25) is 9.59 Å². The molecule has 2 unspecified atom stereocenters. The minimum atomic E-state index is 0.0246. The Morgan fingerprint density at radius 2 is 1.96 bits per heavy atom. The van der Waals surface area contributed by atoms with Crippen LogP contribution in [0.5, 0.6) is 5.75 Å². The average molecular weight is 332 g/mol. The zero-order valence-electron chi connectivity index (χ0n) is 15.1. The smallest absolute Gasteiger partial charge is 0.224 e. The Balaban J connectivity index is 2.16. The summed E-state index contributed by atoms with van der Waals surface area (Å²) in [5, 5.41) is 3.00. The van der Waals surface area contributed by atoms with E-state index in [4.69, 9.17) is 4.74 Å². The quantitative estimate of drug-likeness (QED) is 0.792. The summed E-state index contributed by atoms with van der Waals surface area (Å²) < 4.78 is 5.33. The second-order valence-corrected chi connectivity index (χ2v) is 6.42. The molecule has 1 aliphatic rings. The summed E-state index contributed by atoms with van der Waals surface area (Å²) in [5.41, 5.74) is 1.89. The van der Waals surface area contributed by atoms with Gasteiger partial charge in [-0.05, 0) is 43.0 Å². The Hall–Kier alpha value is -2.04. The van der Waals surface area contributed by atoms with Crippen LogP contribution in [0.25, 0.3) is 0 Å². The molecule has 0 radical (unpaired) electrons. The van der Waals surface area contributed by atoms with Gasteiger partial charge >= 0.3 is 0 Å². The first kappa shape index (κ1) is 18.3. The third-order valence-electron chi connectivity index (χ3n) is 4.52. The minimum absolute atomic E-state index is 0.0246. The number of nitrogens with zero attached hydrogens (tertiary/aromatic N) is 1. The molecule has 0 aliphatic heterocycles. The molecule has 0 heterocycles. The molecule has 2 amide bonds.